The second-order valence-electron chi connectivity index (χ2n) is 5.24. The number of carbonyl (C=O) groups is 3. The van der Waals surface area contributed by atoms with Crippen LogP contribution in [0.5, 0.6) is 0 Å². The standard InChI is InChI=1S/C17H15FN2O3S.2CH3O.CH2O.2Na/c1-3-15(21)13-8-24-17(19-13)16(22)12-7-20(9-23-2)14-6-10(18)4-5-11(12)14;3*1-2;;/h4-8H,3,9H2,1-2H3;2*1H3;1H2;;/q;2*-1;;2*+1. The Morgan fingerprint density at radius 2 is 1.78 bits per heavy atom. The first-order chi connectivity index (χ1) is 14.5. The summed E-state index contributed by atoms with van der Waals surface area (Å²) in [5.74, 6) is -0.780. The Bertz CT molecular complexity index is 965. The average Bonchev–Trinajstić information content (AvgIpc) is 3.43. The van der Waals surface area contributed by atoms with Crippen LogP contribution < -0.4 is 69.3 Å². The van der Waals surface area contributed by atoms with Gasteiger partial charge < -0.3 is 24.3 Å². The molecule has 1 aromatic carbocycles. The zero-order valence-corrected chi connectivity index (χ0v) is 24.0. The second-order valence-corrected chi connectivity index (χ2v) is 6.09. The maximum Gasteiger partial charge on any atom is 1.00 e. The number of benzene rings is 1. The average molecular weight is 484 g/mol. The monoisotopic (exact) mass is 484 g/mol. The molecule has 0 aliphatic heterocycles. The quantitative estimate of drug-likeness (QED) is 0.255. The van der Waals surface area contributed by atoms with Crippen LogP contribution in [0.2, 0.25) is 0 Å². The van der Waals surface area contributed by atoms with Crippen LogP contribution in [-0.4, -0.2) is 49.2 Å². The number of carbonyl (C=O) groups excluding carboxylic acids is 3. The van der Waals surface area contributed by atoms with E-state index in [1.807, 2.05) is 6.79 Å². The zero-order chi connectivity index (χ0) is 23.3. The van der Waals surface area contributed by atoms with Crippen LogP contribution in [0.3, 0.4) is 0 Å². The summed E-state index contributed by atoms with van der Waals surface area (Å²) in [6.45, 7) is 3.95. The Hall–Kier alpha value is -0.790. The van der Waals surface area contributed by atoms with Crippen molar-refractivity contribution in [3.05, 3.63) is 51.9 Å². The molecule has 0 saturated carbocycles. The Morgan fingerprint density at radius 1 is 1.19 bits per heavy atom. The molecule has 8 nitrogen and oxygen atoms in total. The van der Waals surface area contributed by atoms with Gasteiger partial charge in [0.15, 0.2) is 10.8 Å². The topological polar surface area (TPSA) is 124 Å². The fourth-order valence-electron chi connectivity index (χ4n) is 2.49. The number of fused-ring (bicyclic) bond motifs is 1. The van der Waals surface area contributed by atoms with E-state index in [1.165, 1.54) is 19.2 Å². The van der Waals surface area contributed by atoms with Gasteiger partial charge in [-0.05, 0) is 18.2 Å². The molecular formula is C20H23FN2Na2O6S. The van der Waals surface area contributed by atoms with Gasteiger partial charge in [0.1, 0.15) is 25.0 Å². The maximum atomic E-state index is 13.5. The molecule has 3 rings (SSSR count). The van der Waals surface area contributed by atoms with Gasteiger partial charge in [0, 0.05) is 30.5 Å². The molecule has 0 bridgehead atoms. The molecule has 0 radical (unpaired) electrons. The molecule has 0 fully saturated rings. The van der Waals surface area contributed by atoms with Gasteiger partial charge in [0.2, 0.25) is 5.78 Å². The van der Waals surface area contributed by atoms with Gasteiger partial charge in [0.05, 0.1) is 11.1 Å². The Morgan fingerprint density at radius 3 is 2.31 bits per heavy atom. The van der Waals surface area contributed by atoms with Crippen LogP contribution >= 0.6 is 11.3 Å². The van der Waals surface area contributed by atoms with E-state index in [1.54, 1.807) is 29.1 Å². The summed E-state index contributed by atoms with van der Waals surface area (Å²) in [7, 11) is 3.02. The van der Waals surface area contributed by atoms with Gasteiger partial charge in [-0.25, -0.2) is 9.37 Å². The van der Waals surface area contributed by atoms with E-state index < -0.39 is 0 Å². The molecule has 164 valence electrons. The summed E-state index contributed by atoms with van der Waals surface area (Å²) >= 11 is 1.13. The predicted molar refractivity (Wildman–Crippen MR) is 108 cm³/mol. The molecule has 2 heterocycles. The van der Waals surface area contributed by atoms with Gasteiger partial charge in [-0.3, -0.25) is 9.59 Å². The molecule has 0 unspecified atom stereocenters. The van der Waals surface area contributed by atoms with Crippen molar-refractivity contribution in [3.63, 3.8) is 0 Å². The van der Waals surface area contributed by atoms with Crippen molar-refractivity contribution in [2.45, 2.75) is 20.1 Å². The van der Waals surface area contributed by atoms with Gasteiger partial charge in [-0.15, -0.1) is 11.3 Å². The minimum absolute atomic E-state index is 0. The van der Waals surface area contributed by atoms with Crippen molar-refractivity contribution in [2.24, 2.45) is 0 Å². The predicted octanol–water partition coefficient (Wildman–Crippen LogP) is -4.56. The third-order valence-corrected chi connectivity index (χ3v) is 4.50. The molecule has 3 aromatic rings. The molecule has 12 heteroatoms. The zero-order valence-electron chi connectivity index (χ0n) is 19.1. The van der Waals surface area contributed by atoms with E-state index in [0.717, 1.165) is 25.6 Å². The largest absolute Gasteiger partial charge is 1.00 e. The molecule has 0 spiro atoms. The van der Waals surface area contributed by atoms with Crippen LogP contribution in [0.25, 0.3) is 10.9 Å². The molecule has 0 aliphatic rings. The number of nitrogens with zero attached hydrogens (tertiary/aromatic N) is 2. The number of halogens is 1. The first-order valence-electron chi connectivity index (χ1n) is 8.46. The molecule has 2 aromatic heterocycles. The minimum Gasteiger partial charge on any atom is -0.857 e. The number of thiazole rings is 1. The molecule has 0 N–H and O–H groups in total. The van der Waals surface area contributed by atoms with Crippen LogP contribution in [0.4, 0.5) is 4.39 Å². The van der Waals surface area contributed by atoms with E-state index >= 15 is 0 Å². The van der Waals surface area contributed by atoms with E-state index in [2.05, 4.69) is 4.98 Å². The number of Topliss-reactive ketones (excluding diaryl/α,β-unsaturated/α-hetero) is 1. The molecule has 0 saturated heterocycles. The fraction of sp³-hybridized carbons (Fsp3) is 0.300. The Kier molecular flexibility index (Phi) is 22.0. The number of aromatic nitrogens is 2. The van der Waals surface area contributed by atoms with Crippen molar-refractivity contribution in [2.75, 3.05) is 21.3 Å². The molecular weight excluding hydrogens is 461 g/mol. The van der Waals surface area contributed by atoms with Crippen LogP contribution in [-0.2, 0) is 16.3 Å². The van der Waals surface area contributed by atoms with Gasteiger partial charge >= 0.3 is 59.1 Å². The first kappa shape index (κ1) is 35.8. The number of ether oxygens (including phenoxy) is 1. The number of hydrogen-bond acceptors (Lipinski definition) is 8. The maximum absolute atomic E-state index is 13.5. The number of ketones is 2. The van der Waals surface area contributed by atoms with E-state index in [0.29, 0.717) is 28.6 Å². The molecule has 0 amide bonds. The number of hydrogen-bond donors (Lipinski definition) is 0. The van der Waals surface area contributed by atoms with E-state index in [-0.39, 0.29) is 88.2 Å². The second kappa shape index (κ2) is 19.7. The van der Waals surface area contributed by atoms with Gasteiger partial charge in [0.25, 0.3) is 0 Å². The SMILES string of the molecule is C=O.CCC(=O)c1csc(C(=O)c2cn(COC)c3cc(F)ccc23)n1.C[O-].C[O-].[Na+].[Na+]. The number of methoxy groups -OCH3 is 1. The van der Waals surface area contributed by atoms with Gasteiger partial charge in [-0.2, -0.15) is 14.2 Å². The van der Waals surface area contributed by atoms with Crippen LogP contribution in [0, 0.1) is 5.82 Å². The summed E-state index contributed by atoms with van der Waals surface area (Å²) in [6, 6.07) is 4.24. The fourth-order valence-corrected chi connectivity index (χ4v) is 3.27. The number of rotatable bonds is 6. The summed E-state index contributed by atoms with van der Waals surface area (Å²) < 4.78 is 20.3. The summed E-state index contributed by atoms with van der Waals surface area (Å²) in [6.07, 6.45) is 1.96. The Balaban J connectivity index is -0.000000971. The third-order valence-electron chi connectivity index (χ3n) is 3.66. The molecule has 0 atom stereocenters. The van der Waals surface area contributed by atoms with Crippen molar-refractivity contribution in [1.82, 2.24) is 9.55 Å². The summed E-state index contributed by atoms with van der Waals surface area (Å²) in [5, 5.41) is 19.0. The molecule has 0 aliphatic carbocycles. The van der Waals surface area contributed by atoms with Crippen molar-refractivity contribution in [1.29, 1.82) is 0 Å². The minimum atomic E-state index is -0.387. The van der Waals surface area contributed by atoms with Crippen molar-refractivity contribution >= 4 is 40.6 Å². The van der Waals surface area contributed by atoms with Crippen LogP contribution in [0.15, 0.2) is 29.8 Å². The Labute approximate surface area is 234 Å². The van der Waals surface area contributed by atoms with E-state index in [9.17, 15) is 14.0 Å². The summed E-state index contributed by atoms with van der Waals surface area (Å²) in [4.78, 5) is 36.6. The van der Waals surface area contributed by atoms with Crippen molar-refractivity contribution < 1.29 is 92.8 Å². The smallest absolute Gasteiger partial charge is 0.857 e. The third kappa shape index (κ3) is 9.22. The van der Waals surface area contributed by atoms with Gasteiger partial charge in [-0.1, -0.05) is 6.92 Å². The summed E-state index contributed by atoms with van der Waals surface area (Å²) in [5.41, 5.74) is 1.28. The van der Waals surface area contributed by atoms with E-state index in [4.69, 9.17) is 19.7 Å². The normalized spacial score (nSPS) is 8.84. The first-order valence-corrected chi connectivity index (χ1v) is 9.34. The molecule has 32 heavy (non-hydrogen) atoms. The van der Waals surface area contributed by atoms with Crippen LogP contribution in [0.1, 0.15) is 39.2 Å². The van der Waals surface area contributed by atoms with Crippen molar-refractivity contribution in [3.8, 4) is 0 Å².